The highest BCUT2D eigenvalue weighted by Crippen LogP contribution is 2.29. The number of carbonyl (C=O) groups excluding carboxylic acids is 1. The molecule has 0 aromatic heterocycles. The van der Waals surface area contributed by atoms with E-state index in [2.05, 4.69) is 10.2 Å². The number of benzene rings is 2. The molecule has 1 amide bonds. The number of nitrogens with one attached hydrogen (secondary N) is 1. The molecule has 0 radical (unpaired) electrons. The molecule has 0 spiro atoms. The monoisotopic (exact) mass is 434 g/mol. The number of methoxy groups -OCH3 is 1. The van der Waals surface area contributed by atoms with Crippen molar-refractivity contribution >= 4 is 23.2 Å². The summed E-state index contributed by atoms with van der Waals surface area (Å²) in [6, 6.07) is 12.4. The molecule has 1 saturated heterocycles. The highest BCUT2D eigenvalue weighted by Gasteiger charge is 2.26. The van der Waals surface area contributed by atoms with E-state index in [1.54, 1.807) is 37.4 Å². The molecule has 0 saturated carbocycles. The van der Waals surface area contributed by atoms with Crippen LogP contribution in [0.5, 0.6) is 17.2 Å². The molecule has 2 atom stereocenters. The van der Waals surface area contributed by atoms with Crippen molar-refractivity contribution in [1.82, 2.24) is 4.90 Å². The molecular weight excluding hydrogens is 408 g/mol. The predicted molar refractivity (Wildman–Crippen MR) is 116 cm³/mol. The lowest BCUT2D eigenvalue weighted by molar-refractivity contribution is -0.114. The van der Waals surface area contributed by atoms with Gasteiger partial charge in [-0.2, -0.15) is 0 Å². The van der Waals surface area contributed by atoms with Crippen molar-refractivity contribution in [1.29, 1.82) is 0 Å². The van der Waals surface area contributed by atoms with Gasteiger partial charge in [-0.05, 0) is 42.8 Å². The smallest absolute Gasteiger partial charge is 0.221 e. The molecule has 1 heterocycles. The van der Waals surface area contributed by atoms with E-state index in [9.17, 15) is 9.90 Å². The molecule has 0 aliphatic carbocycles. The first-order chi connectivity index (χ1) is 14.4. The zero-order chi connectivity index (χ0) is 21.5. The number of anilines is 1. The van der Waals surface area contributed by atoms with Gasteiger partial charge in [-0.25, -0.2) is 0 Å². The van der Waals surface area contributed by atoms with Crippen molar-refractivity contribution in [2.75, 3.05) is 38.7 Å². The molecule has 2 N–H and O–H groups in total. The number of nitrogens with zero attached hydrogens (tertiary/aromatic N) is 1. The van der Waals surface area contributed by atoms with E-state index >= 15 is 0 Å². The van der Waals surface area contributed by atoms with Crippen LogP contribution in [0, 0.1) is 0 Å². The van der Waals surface area contributed by atoms with Crippen molar-refractivity contribution in [2.45, 2.75) is 25.6 Å². The summed E-state index contributed by atoms with van der Waals surface area (Å²) in [5.74, 6) is 1.65. The van der Waals surface area contributed by atoms with Crippen LogP contribution < -0.4 is 19.5 Å². The summed E-state index contributed by atoms with van der Waals surface area (Å²) in [6.45, 7) is 3.57. The van der Waals surface area contributed by atoms with Crippen LogP contribution in [0.4, 0.5) is 5.69 Å². The SMILES string of the molecule is COc1ccc(NC(C)=O)c(OC[C@H](O)CN2CC[C@H](Oc3ccc(Cl)cc3)C2)c1. The summed E-state index contributed by atoms with van der Waals surface area (Å²) < 4.78 is 17.0. The first-order valence-corrected chi connectivity index (χ1v) is 10.2. The second-order valence-corrected chi connectivity index (χ2v) is 7.69. The van der Waals surface area contributed by atoms with Crippen molar-refractivity contribution in [2.24, 2.45) is 0 Å². The van der Waals surface area contributed by atoms with Gasteiger partial charge in [0.25, 0.3) is 0 Å². The van der Waals surface area contributed by atoms with Gasteiger partial charge in [0.2, 0.25) is 5.91 Å². The summed E-state index contributed by atoms with van der Waals surface area (Å²) in [7, 11) is 1.56. The quantitative estimate of drug-likeness (QED) is 0.631. The van der Waals surface area contributed by atoms with E-state index in [0.717, 1.165) is 25.3 Å². The minimum Gasteiger partial charge on any atom is -0.497 e. The molecule has 0 bridgehead atoms. The maximum Gasteiger partial charge on any atom is 0.221 e. The fourth-order valence-electron chi connectivity index (χ4n) is 3.34. The number of ether oxygens (including phenoxy) is 3. The number of aliphatic hydroxyl groups excluding tert-OH is 1. The maximum atomic E-state index is 11.4. The number of aliphatic hydroxyl groups is 1. The van der Waals surface area contributed by atoms with Crippen molar-refractivity contribution in [3.8, 4) is 17.2 Å². The summed E-state index contributed by atoms with van der Waals surface area (Å²) in [5, 5.41) is 13.8. The van der Waals surface area contributed by atoms with E-state index in [0.29, 0.717) is 28.8 Å². The molecule has 0 unspecified atom stereocenters. The lowest BCUT2D eigenvalue weighted by Crippen LogP contribution is -2.35. The topological polar surface area (TPSA) is 80.3 Å². The van der Waals surface area contributed by atoms with Gasteiger partial charge in [0.15, 0.2) is 0 Å². The van der Waals surface area contributed by atoms with Gasteiger partial charge < -0.3 is 24.6 Å². The number of hydrogen-bond donors (Lipinski definition) is 2. The minimum atomic E-state index is -0.685. The molecule has 162 valence electrons. The number of hydrogen-bond acceptors (Lipinski definition) is 6. The second kappa shape index (κ2) is 10.5. The number of β-amino-alcohol motifs (C(OH)–C–C–N with tert-alkyl or cyclic N) is 1. The summed E-state index contributed by atoms with van der Waals surface area (Å²) in [5.41, 5.74) is 0.535. The van der Waals surface area contributed by atoms with Crippen molar-refractivity contribution < 1.29 is 24.1 Å². The fraction of sp³-hybridized carbons (Fsp3) is 0.409. The number of carbonyl (C=O) groups is 1. The predicted octanol–water partition coefficient (Wildman–Crippen LogP) is 3.20. The van der Waals surface area contributed by atoms with E-state index in [1.165, 1.54) is 6.92 Å². The maximum absolute atomic E-state index is 11.4. The standard InChI is InChI=1S/C22H27ClN2O5/c1-15(26)24-21-8-7-19(28-2)11-22(21)29-14-17(27)12-25-10-9-20(13-25)30-18-5-3-16(23)4-6-18/h3-8,11,17,20,27H,9-10,12-14H2,1-2H3,(H,24,26)/t17-,20+/m1/s1. The van der Waals surface area contributed by atoms with Crippen LogP contribution in [0.3, 0.4) is 0 Å². The Balaban J connectivity index is 1.48. The van der Waals surface area contributed by atoms with Gasteiger partial charge in [-0.15, -0.1) is 0 Å². The molecule has 1 aliphatic heterocycles. The fourth-order valence-corrected chi connectivity index (χ4v) is 3.47. The van der Waals surface area contributed by atoms with Crippen LogP contribution in [0.2, 0.25) is 5.02 Å². The van der Waals surface area contributed by atoms with Gasteiger partial charge in [-0.3, -0.25) is 9.69 Å². The van der Waals surface area contributed by atoms with Crippen LogP contribution in [-0.4, -0.2) is 61.5 Å². The first-order valence-electron chi connectivity index (χ1n) is 9.84. The van der Waals surface area contributed by atoms with Crippen molar-refractivity contribution in [3.63, 3.8) is 0 Å². The van der Waals surface area contributed by atoms with Crippen LogP contribution in [0.15, 0.2) is 42.5 Å². The Morgan fingerprint density at radius 2 is 2.00 bits per heavy atom. The molecular formula is C22H27ClN2O5. The van der Waals surface area contributed by atoms with Crippen LogP contribution in [0.25, 0.3) is 0 Å². The highest BCUT2D eigenvalue weighted by molar-refractivity contribution is 6.30. The van der Waals surface area contributed by atoms with Gasteiger partial charge in [0.1, 0.15) is 36.1 Å². The number of amides is 1. The van der Waals surface area contributed by atoms with E-state index in [1.807, 2.05) is 12.1 Å². The third-order valence-corrected chi connectivity index (χ3v) is 5.00. The third kappa shape index (κ3) is 6.52. The number of likely N-dealkylation sites (tertiary alicyclic amines) is 1. The second-order valence-electron chi connectivity index (χ2n) is 7.25. The zero-order valence-electron chi connectivity index (χ0n) is 17.1. The average Bonchev–Trinajstić information content (AvgIpc) is 3.15. The van der Waals surface area contributed by atoms with Crippen LogP contribution in [-0.2, 0) is 4.79 Å². The van der Waals surface area contributed by atoms with Crippen LogP contribution >= 0.6 is 11.6 Å². The van der Waals surface area contributed by atoms with Crippen LogP contribution in [0.1, 0.15) is 13.3 Å². The Morgan fingerprint density at radius 3 is 2.70 bits per heavy atom. The molecule has 1 aliphatic rings. The summed E-state index contributed by atoms with van der Waals surface area (Å²) in [6.07, 6.45) is 0.276. The Hall–Kier alpha value is -2.48. The molecule has 2 aromatic rings. The number of halogens is 1. The van der Waals surface area contributed by atoms with Crippen molar-refractivity contribution in [3.05, 3.63) is 47.5 Å². The van der Waals surface area contributed by atoms with E-state index in [-0.39, 0.29) is 18.6 Å². The molecule has 3 rings (SSSR count). The average molecular weight is 435 g/mol. The minimum absolute atomic E-state index is 0.0732. The number of rotatable bonds is 9. The largest absolute Gasteiger partial charge is 0.497 e. The molecule has 2 aromatic carbocycles. The molecule has 7 nitrogen and oxygen atoms in total. The molecule has 30 heavy (non-hydrogen) atoms. The Bertz CT molecular complexity index is 846. The van der Waals surface area contributed by atoms with Gasteiger partial charge in [-0.1, -0.05) is 11.6 Å². The summed E-state index contributed by atoms with van der Waals surface area (Å²) >= 11 is 5.90. The van der Waals surface area contributed by atoms with E-state index in [4.69, 9.17) is 25.8 Å². The Morgan fingerprint density at radius 1 is 1.27 bits per heavy atom. The normalized spacial score (nSPS) is 17.4. The molecule has 1 fully saturated rings. The highest BCUT2D eigenvalue weighted by atomic mass is 35.5. The van der Waals surface area contributed by atoms with Gasteiger partial charge in [0, 0.05) is 37.6 Å². The lowest BCUT2D eigenvalue weighted by Gasteiger charge is -2.21. The lowest BCUT2D eigenvalue weighted by atomic mass is 10.2. The Kier molecular flexibility index (Phi) is 7.79. The van der Waals surface area contributed by atoms with Gasteiger partial charge >= 0.3 is 0 Å². The molecule has 8 heteroatoms. The third-order valence-electron chi connectivity index (χ3n) is 4.75. The summed E-state index contributed by atoms with van der Waals surface area (Å²) in [4.78, 5) is 13.5. The Labute approximate surface area is 181 Å². The van der Waals surface area contributed by atoms with Gasteiger partial charge in [0.05, 0.1) is 12.8 Å². The van der Waals surface area contributed by atoms with E-state index < -0.39 is 6.10 Å². The zero-order valence-corrected chi connectivity index (χ0v) is 17.9. The first kappa shape index (κ1) is 22.2.